The molecule has 1 nitrogen and oxygen atoms in total. The highest BCUT2D eigenvalue weighted by molar-refractivity contribution is 6.17. The average molecular weight is 325 g/mol. The molecule has 0 spiro atoms. The second-order valence-electron chi connectivity index (χ2n) is 5.30. The molecular weight excluding hydrogens is 292 g/mol. The Morgan fingerprint density at radius 1 is 0.864 bits per heavy atom. The van der Waals surface area contributed by atoms with Crippen LogP contribution >= 0.6 is 11.6 Å². The van der Waals surface area contributed by atoms with Gasteiger partial charge in [0.25, 0.3) is 0 Å². The van der Waals surface area contributed by atoms with E-state index < -0.39 is 0 Å². The molecule has 0 atom stereocenters. The summed E-state index contributed by atoms with van der Waals surface area (Å²) in [6.45, 7) is 3.67. The lowest BCUT2D eigenvalue weighted by molar-refractivity contribution is 0.167. The summed E-state index contributed by atoms with van der Waals surface area (Å²) in [4.78, 5) is 0. The largest absolute Gasteiger partial charge is 0.376 e. The van der Waals surface area contributed by atoms with Gasteiger partial charge in [-0.25, -0.2) is 0 Å². The molecule has 0 radical (unpaired) electrons. The topological polar surface area (TPSA) is 9.23 Å². The molecule has 0 N–H and O–H groups in total. The van der Waals surface area contributed by atoms with Crippen molar-refractivity contribution in [1.29, 1.82) is 0 Å². The predicted octanol–water partition coefficient (Wildman–Crippen LogP) is 6.60. The van der Waals surface area contributed by atoms with E-state index >= 15 is 0 Å². The van der Waals surface area contributed by atoms with Gasteiger partial charge in [0.1, 0.15) is 0 Å². The summed E-state index contributed by atoms with van der Waals surface area (Å²) in [5.41, 5.74) is 3.10. The summed E-state index contributed by atoms with van der Waals surface area (Å²) in [5, 5.41) is 0. The fourth-order valence-corrected chi connectivity index (χ4v) is 2.04. The number of rotatable bonds is 15. The number of unbranched alkanes of at least 4 members (excludes halogenated alkanes) is 5. The van der Waals surface area contributed by atoms with Crippen LogP contribution in [0.25, 0.3) is 0 Å². The van der Waals surface area contributed by atoms with Crippen molar-refractivity contribution < 1.29 is 4.74 Å². The van der Waals surface area contributed by atoms with Crippen LogP contribution in [0.5, 0.6) is 0 Å². The monoisotopic (exact) mass is 324 g/mol. The molecule has 0 heterocycles. The van der Waals surface area contributed by atoms with Gasteiger partial charge in [-0.15, -0.1) is 17.3 Å². The van der Waals surface area contributed by atoms with Gasteiger partial charge in [0.2, 0.25) is 0 Å². The standard InChI is InChI=1S/C20H33ClO/c1-2-3-4-5-6-7-8-9-10-13-16-19-22-20-17-14-11-12-15-18-21/h7-8,10-11,13,17H,2-6,9,12,15-16,18-20H2,1H3/b8-7-,13-10-. The fraction of sp³-hybridized carbons (Fsp3) is 0.650. The Labute approximate surface area is 142 Å². The van der Waals surface area contributed by atoms with Crippen LogP contribution in [-0.2, 0) is 4.74 Å². The zero-order chi connectivity index (χ0) is 16.1. The number of allylic oxidation sites excluding steroid dienone is 3. The van der Waals surface area contributed by atoms with Gasteiger partial charge in [0.15, 0.2) is 0 Å². The molecule has 0 aromatic heterocycles. The van der Waals surface area contributed by atoms with Gasteiger partial charge in [-0.1, -0.05) is 50.5 Å². The van der Waals surface area contributed by atoms with Crippen LogP contribution in [0.1, 0.15) is 64.7 Å². The molecule has 0 aromatic rings. The van der Waals surface area contributed by atoms with Crippen molar-refractivity contribution >= 4 is 11.6 Å². The molecule has 126 valence electrons. The van der Waals surface area contributed by atoms with Gasteiger partial charge in [0.05, 0.1) is 13.2 Å². The second kappa shape index (κ2) is 20.2. The van der Waals surface area contributed by atoms with Gasteiger partial charge < -0.3 is 4.74 Å². The lowest BCUT2D eigenvalue weighted by atomic mass is 10.1. The molecule has 0 saturated carbocycles. The second-order valence-corrected chi connectivity index (χ2v) is 5.68. The SMILES string of the molecule is CCCCCC/C=C\C/C=C\CCOCC=C=CCCCCl. The van der Waals surface area contributed by atoms with Crippen LogP contribution in [0, 0.1) is 0 Å². The molecule has 0 aliphatic rings. The minimum Gasteiger partial charge on any atom is -0.376 e. The first-order valence-electron chi connectivity index (χ1n) is 8.75. The molecule has 0 fully saturated rings. The van der Waals surface area contributed by atoms with E-state index in [9.17, 15) is 0 Å². The molecule has 0 aliphatic heterocycles. The molecule has 0 unspecified atom stereocenters. The molecule has 0 bridgehead atoms. The van der Waals surface area contributed by atoms with E-state index in [1.54, 1.807) is 0 Å². The van der Waals surface area contributed by atoms with E-state index in [4.69, 9.17) is 16.3 Å². The molecular formula is C20H33ClO. The maximum Gasteiger partial charge on any atom is 0.0721 e. The van der Waals surface area contributed by atoms with E-state index in [0.717, 1.165) is 38.2 Å². The zero-order valence-electron chi connectivity index (χ0n) is 14.2. The van der Waals surface area contributed by atoms with Crippen molar-refractivity contribution in [2.45, 2.75) is 64.7 Å². The first-order chi connectivity index (χ1) is 10.9. The fourth-order valence-electron chi connectivity index (χ4n) is 1.88. The summed E-state index contributed by atoms with van der Waals surface area (Å²) in [6, 6.07) is 0. The highest BCUT2D eigenvalue weighted by atomic mass is 35.5. The zero-order valence-corrected chi connectivity index (χ0v) is 15.0. The quantitative estimate of drug-likeness (QED) is 0.143. The Morgan fingerprint density at radius 2 is 1.68 bits per heavy atom. The summed E-state index contributed by atoms with van der Waals surface area (Å²) >= 11 is 5.58. The third-order valence-electron chi connectivity index (χ3n) is 3.18. The lowest BCUT2D eigenvalue weighted by Gasteiger charge is -1.95. The summed E-state index contributed by atoms with van der Waals surface area (Å²) < 4.78 is 5.49. The third kappa shape index (κ3) is 19.2. The molecule has 22 heavy (non-hydrogen) atoms. The Hall–Kier alpha value is -0.750. The Bertz CT molecular complexity index is 325. The van der Waals surface area contributed by atoms with E-state index in [1.807, 2.05) is 12.2 Å². The first-order valence-corrected chi connectivity index (χ1v) is 9.28. The first kappa shape index (κ1) is 21.2. The van der Waals surface area contributed by atoms with Crippen molar-refractivity contribution in [1.82, 2.24) is 0 Å². The van der Waals surface area contributed by atoms with Crippen LogP contribution in [0.4, 0.5) is 0 Å². The summed E-state index contributed by atoms with van der Waals surface area (Å²) in [6.07, 6.45) is 23.5. The molecule has 2 heteroatoms. The number of hydrogen-bond acceptors (Lipinski definition) is 1. The minimum absolute atomic E-state index is 0.642. The maximum atomic E-state index is 5.58. The van der Waals surface area contributed by atoms with Crippen LogP contribution in [-0.4, -0.2) is 19.1 Å². The van der Waals surface area contributed by atoms with Crippen LogP contribution in [0.2, 0.25) is 0 Å². The Kier molecular flexibility index (Phi) is 19.6. The predicted molar refractivity (Wildman–Crippen MR) is 99.7 cm³/mol. The number of halogens is 1. The highest BCUT2D eigenvalue weighted by Crippen LogP contribution is 2.03. The van der Waals surface area contributed by atoms with Crippen LogP contribution < -0.4 is 0 Å². The van der Waals surface area contributed by atoms with E-state index in [2.05, 4.69) is 37.0 Å². The number of hydrogen-bond donors (Lipinski definition) is 0. The van der Waals surface area contributed by atoms with Crippen molar-refractivity contribution in [3.63, 3.8) is 0 Å². The molecule has 0 aliphatic carbocycles. The van der Waals surface area contributed by atoms with E-state index in [1.165, 1.54) is 32.1 Å². The van der Waals surface area contributed by atoms with Gasteiger partial charge in [-0.2, -0.15) is 0 Å². The smallest absolute Gasteiger partial charge is 0.0721 e. The number of ether oxygens (including phenoxy) is 1. The van der Waals surface area contributed by atoms with Crippen LogP contribution in [0.15, 0.2) is 42.2 Å². The number of alkyl halides is 1. The van der Waals surface area contributed by atoms with Crippen molar-refractivity contribution in [3.05, 3.63) is 42.2 Å². The lowest BCUT2D eigenvalue weighted by Crippen LogP contribution is -1.91. The van der Waals surface area contributed by atoms with Crippen molar-refractivity contribution in [3.8, 4) is 0 Å². The minimum atomic E-state index is 0.642. The molecule has 0 amide bonds. The summed E-state index contributed by atoms with van der Waals surface area (Å²) in [7, 11) is 0. The van der Waals surface area contributed by atoms with Crippen molar-refractivity contribution in [2.24, 2.45) is 0 Å². The highest BCUT2D eigenvalue weighted by Gasteiger charge is 1.84. The molecule has 0 rings (SSSR count). The third-order valence-corrected chi connectivity index (χ3v) is 3.44. The molecule has 0 aromatic carbocycles. The average Bonchev–Trinajstić information content (AvgIpc) is 2.54. The van der Waals surface area contributed by atoms with Crippen molar-refractivity contribution in [2.75, 3.05) is 19.1 Å². The van der Waals surface area contributed by atoms with Crippen LogP contribution in [0.3, 0.4) is 0 Å². The van der Waals surface area contributed by atoms with Gasteiger partial charge >= 0.3 is 0 Å². The van der Waals surface area contributed by atoms with Gasteiger partial charge in [0, 0.05) is 5.88 Å². The van der Waals surface area contributed by atoms with Gasteiger partial charge in [-0.05, 0) is 50.7 Å². The Balaban J connectivity index is 3.30. The normalized spacial score (nSPS) is 11.2. The van der Waals surface area contributed by atoms with Gasteiger partial charge in [-0.3, -0.25) is 0 Å². The molecule has 0 saturated heterocycles. The summed E-state index contributed by atoms with van der Waals surface area (Å²) in [5.74, 6) is 0.717. The maximum absolute atomic E-state index is 5.58. The van der Waals surface area contributed by atoms with E-state index in [0.29, 0.717) is 6.61 Å². The van der Waals surface area contributed by atoms with E-state index in [-0.39, 0.29) is 0 Å². The Morgan fingerprint density at radius 3 is 2.45 bits per heavy atom.